The number of hydrogen-bond acceptors (Lipinski definition) is 2. The van der Waals surface area contributed by atoms with Gasteiger partial charge in [-0.05, 0) is 84.4 Å². The van der Waals surface area contributed by atoms with E-state index in [1.54, 1.807) is 24.3 Å². The van der Waals surface area contributed by atoms with Crippen molar-refractivity contribution in [3.63, 3.8) is 0 Å². The molecule has 0 heterocycles. The SMILES string of the molecule is CCC(=C(c1ccc(O)cc1)c1ccc(O)cc1)C1CCC(C2CCCC2)C1. The highest BCUT2D eigenvalue weighted by atomic mass is 16.3. The molecule has 0 radical (unpaired) electrons. The van der Waals surface area contributed by atoms with Gasteiger partial charge in [0.25, 0.3) is 0 Å². The van der Waals surface area contributed by atoms with Crippen LogP contribution in [-0.2, 0) is 0 Å². The zero-order chi connectivity index (χ0) is 19.5. The fraction of sp³-hybridized carbons (Fsp3) is 0.462. The lowest BCUT2D eigenvalue weighted by Gasteiger charge is -2.23. The van der Waals surface area contributed by atoms with Gasteiger partial charge in [0.15, 0.2) is 0 Å². The molecular formula is C26H32O2. The van der Waals surface area contributed by atoms with Gasteiger partial charge in [0.05, 0.1) is 0 Å². The lowest BCUT2D eigenvalue weighted by molar-refractivity contribution is 0.340. The van der Waals surface area contributed by atoms with E-state index in [0.717, 1.165) is 29.4 Å². The second-order valence-electron chi connectivity index (χ2n) is 8.66. The van der Waals surface area contributed by atoms with Gasteiger partial charge in [0.1, 0.15) is 11.5 Å². The van der Waals surface area contributed by atoms with Gasteiger partial charge in [-0.2, -0.15) is 0 Å². The van der Waals surface area contributed by atoms with Crippen LogP contribution in [-0.4, -0.2) is 10.2 Å². The van der Waals surface area contributed by atoms with Crippen LogP contribution in [0.2, 0.25) is 0 Å². The third-order valence-electron chi connectivity index (χ3n) is 7.05. The van der Waals surface area contributed by atoms with E-state index < -0.39 is 0 Å². The molecule has 2 nitrogen and oxygen atoms in total. The van der Waals surface area contributed by atoms with Crippen molar-refractivity contribution in [2.75, 3.05) is 0 Å². The van der Waals surface area contributed by atoms with Crippen molar-refractivity contribution in [3.8, 4) is 11.5 Å². The molecule has 2 fully saturated rings. The number of benzene rings is 2. The molecule has 2 unspecified atom stereocenters. The van der Waals surface area contributed by atoms with E-state index in [2.05, 4.69) is 6.92 Å². The van der Waals surface area contributed by atoms with Crippen molar-refractivity contribution in [2.24, 2.45) is 17.8 Å². The highest BCUT2D eigenvalue weighted by Crippen LogP contribution is 2.47. The molecule has 0 spiro atoms. The van der Waals surface area contributed by atoms with Crippen LogP contribution in [0.25, 0.3) is 5.57 Å². The molecule has 0 aromatic heterocycles. The van der Waals surface area contributed by atoms with E-state index in [0.29, 0.717) is 17.4 Å². The summed E-state index contributed by atoms with van der Waals surface area (Å²) in [6.07, 6.45) is 10.8. The molecule has 0 saturated heterocycles. The van der Waals surface area contributed by atoms with Crippen molar-refractivity contribution < 1.29 is 10.2 Å². The standard InChI is InChI=1S/C26H32O2/c1-2-25(22-8-7-21(17-22)18-5-3-4-6-18)26(19-9-13-23(27)14-10-19)20-11-15-24(28)16-12-20/h9-16,18,21-22,27-28H,2-8,17H2,1H3. The zero-order valence-electron chi connectivity index (χ0n) is 16.9. The monoisotopic (exact) mass is 376 g/mol. The minimum atomic E-state index is 0.300. The molecule has 0 bridgehead atoms. The first-order chi connectivity index (χ1) is 13.7. The zero-order valence-corrected chi connectivity index (χ0v) is 16.9. The predicted octanol–water partition coefficient (Wildman–Crippen LogP) is 6.92. The van der Waals surface area contributed by atoms with Crippen LogP contribution in [0.3, 0.4) is 0 Å². The number of hydrogen-bond donors (Lipinski definition) is 2. The van der Waals surface area contributed by atoms with Gasteiger partial charge in [-0.25, -0.2) is 0 Å². The first-order valence-electron chi connectivity index (χ1n) is 11.0. The molecule has 4 rings (SSSR count). The summed E-state index contributed by atoms with van der Waals surface area (Å²) in [5.41, 5.74) is 5.14. The third-order valence-corrected chi connectivity index (χ3v) is 7.05. The summed E-state index contributed by atoms with van der Waals surface area (Å²) in [5, 5.41) is 19.5. The van der Waals surface area contributed by atoms with E-state index >= 15 is 0 Å². The fourth-order valence-corrected chi connectivity index (χ4v) is 5.65. The topological polar surface area (TPSA) is 40.5 Å². The van der Waals surface area contributed by atoms with E-state index in [9.17, 15) is 10.2 Å². The van der Waals surface area contributed by atoms with Crippen LogP contribution in [0.5, 0.6) is 11.5 Å². The molecule has 2 aliphatic carbocycles. The molecule has 2 aliphatic rings. The molecule has 2 aromatic rings. The summed E-state index contributed by atoms with van der Waals surface area (Å²) in [4.78, 5) is 0. The van der Waals surface area contributed by atoms with Gasteiger partial charge in [-0.15, -0.1) is 0 Å². The van der Waals surface area contributed by atoms with Gasteiger partial charge in [-0.1, -0.05) is 62.4 Å². The maximum atomic E-state index is 9.76. The van der Waals surface area contributed by atoms with E-state index in [1.165, 1.54) is 56.1 Å². The van der Waals surface area contributed by atoms with E-state index in [4.69, 9.17) is 0 Å². The molecule has 0 amide bonds. The maximum Gasteiger partial charge on any atom is 0.115 e. The Labute approximate surface area is 168 Å². The van der Waals surface area contributed by atoms with Crippen molar-refractivity contribution in [1.82, 2.24) is 0 Å². The number of phenolic OH excluding ortho intramolecular Hbond substituents is 2. The third kappa shape index (κ3) is 3.97. The molecule has 2 N–H and O–H groups in total. The lowest BCUT2D eigenvalue weighted by atomic mass is 9.82. The molecule has 0 aliphatic heterocycles. The number of rotatable bonds is 5. The summed E-state index contributed by atoms with van der Waals surface area (Å²) < 4.78 is 0. The summed E-state index contributed by atoms with van der Waals surface area (Å²) >= 11 is 0. The highest BCUT2D eigenvalue weighted by molar-refractivity contribution is 5.82. The van der Waals surface area contributed by atoms with Gasteiger partial charge in [0.2, 0.25) is 0 Å². The van der Waals surface area contributed by atoms with Gasteiger partial charge < -0.3 is 10.2 Å². The smallest absolute Gasteiger partial charge is 0.115 e. The Morgan fingerprint density at radius 1 is 0.750 bits per heavy atom. The van der Waals surface area contributed by atoms with Crippen LogP contribution in [0.15, 0.2) is 54.1 Å². The van der Waals surface area contributed by atoms with Crippen LogP contribution < -0.4 is 0 Å². The van der Waals surface area contributed by atoms with Gasteiger partial charge in [0, 0.05) is 0 Å². The highest BCUT2D eigenvalue weighted by Gasteiger charge is 2.34. The Bertz CT molecular complexity index is 763. The van der Waals surface area contributed by atoms with Gasteiger partial charge in [-0.3, -0.25) is 0 Å². The average Bonchev–Trinajstić information content (AvgIpc) is 3.40. The first kappa shape index (κ1) is 19.1. The Morgan fingerprint density at radius 2 is 1.29 bits per heavy atom. The quantitative estimate of drug-likeness (QED) is 0.595. The van der Waals surface area contributed by atoms with Gasteiger partial charge >= 0.3 is 0 Å². The Hall–Kier alpha value is -2.22. The molecule has 2 atom stereocenters. The van der Waals surface area contributed by atoms with Crippen molar-refractivity contribution >= 4 is 5.57 Å². The van der Waals surface area contributed by atoms with Crippen LogP contribution in [0.1, 0.15) is 69.4 Å². The largest absolute Gasteiger partial charge is 0.508 e. The first-order valence-corrected chi connectivity index (χ1v) is 11.0. The summed E-state index contributed by atoms with van der Waals surface area (Å²) in [6.45, 7) is 2.28. The Kier molecular flexibility index (Phi) is 5.75. The van der Waals surface area contributed by atoms with E-state index in [-0.39, 0.29) is 0 Å². The van der Waals surface area contributed by atoms with Crippen LogP contribution >= 0.6 is 0 Å². The Balaban J connectivity index is 1.72. The normalized spacial score (nSPS) is 22.5. The maximum absolute atomic E-state index is 9.76. The molecule has 2 heteroatoms. The second kappa shape index (κ2) is 8.43. The number of allylic oxidation sites excluding steroid dienone is 1. The van der Waals surface area contributed by atoms with Crippen molar-refractivity contribution in [1.29, 1.82) is 0 Å². The predicted molar refractivity (Wildman–Crippen MR) is 115 cm³/mol. The molecule has 2 saturated carbocycles. The number of phenols is 2. The lowest BCUT2D eigenvalue weighted by Crippen LogP contribution is -2.09. The summed E-state index contributed by atoms with van der Waals surface area (Å²) in [5.74, 6) is 3.10. The van der Waals surface area contributed by atoms with Crippen LogP contribution in [0.4, 0.5) is 0 Å². The summed E-state index contributed by atoms with van der Waals surface area (Å²) in [7, 11) is 0. The molecule has 28 heavy (non-hydrogen) atoms. The fourth-order valence-electron chi connectivity index (χ4n) is 5.65. The summed E-state index contributed by atoms with van der Waals surface area (Å²) in [6, 6.07) is 15.2. The minimum Gasteiger partial charge on any atom is -0.508 e. The van der Waals surface area contributed by atoms with E-state index in [1.807, 2.05) is 24.3 Å². The van der Waals surface area contributed by atoms with Crippen molar-refractivity contribution in [2.45, 2.75) is 58.3 Å². The molecular weight excluding hydrogens is 344 g/mol. The van der Waals surface area contributed by atoms with Crippen LogP contribution in [0, 0.1) is 17.8 Å². The Morgan fingerprint density at radius 3 is 1.79 bits per heavy atom. The minimum absolute atomic E-state index is 0.300. The molecule has 2 aromatic carbocycles. The number of aromatic hydroxyl groups is 2. The second-order valence-corrected chi connectivity index (χ2v) is 8.66. The van der Waals surface area contributed by atoms with Crippen molar-refractivity contribution in [3.05, 3.63) is 65.2 Å². The molecule has 148 valence electrons. The average molecular weight is 377 g/mol.